The van der Waals surface area contributed by atoms with Gasteiger partial charge in [0.05, 0.1) is 39.3 Å². The highest BCUT2D eigenvalue weighted by Crippen LogP contribution is 2.40. The van der Waals surface area contributed by atoms with Gasteiger partial charge in [-0.3, -0.25) is 9.55 Å². The van der Waals surface area contributed by atoms with Gasteiger partial charge in [-0.2, -0.15) is 0 Å². The summed E-state index contributed by atoms with van der Waals surface area (Å²) in [5.74, 6) is 1.52. The van der Waals surface area contributed by atoms with Crippen molar-refractivity contribution in [2.45, 2.75) is 13.0 Å². The number of nitrogens with zero attached hydrogens (tertiary/aromatic N) is 3. The molecular formula is C22H22N4O4. The number of hydrogen-bond donors (Lipinski definition) is 1. The van der Waals surface area contributed by atoms with Crippen LogP contribution in [0.25, 0.3) is 22.6 Å². The van der Waals surface area contributed by atoms with Crippen molar-refractivity contribution in [3.8, 4) is 28.5 Å². The van der Waals surface area contributed by atoms with E-state index in [1.165, 1.54) is 0 Å². The third kappa shape index (κ3) is 3.26. The minimum atomic E-state index is -0.261. The van der Waals surface area contributed by atoms with Crippen molar-refractivity contribution in [1.82, 2.24) is 19.5 Å². The Kier molecular flexibility index (Phi) is 5.14. The molecule has 0 aliphatic heterocycles. The summed E-state index contributed by atoms with van der Waals surface area (Å²) >= 11 is 0. The van der Waals surface area contributed by atoms with E-state index in [2.05, 4.69) is 9.97 Å². The standard InChI is InChI=1S/C22H22N4O4/c1-13(14-8-6-5-7-9-14)26-21-20(25-22(26)27)23-12-16(24-21)15-10-17(28-2)19(30-4)18(11-15)29-3/h5-13H,1-4H3,(H,23,25,27)/t13-/m1/s1. The molecule has 0 spiro atoms. The third-order valence-electron chi connectivity index (χ3n) is 5.06. The Balaban J connectivity index is 1.88. The molecule has 4 rings (SSSR count). The number of fused-ring (bicyclic) bond motifs is 1. The van der Waals surface area contributed by atoms with E-state index in [4.69, 9.17) is 19.2 Å². The molecule has 0 aliphatic carbocycles. The van der Waals surface area contributed by atoms with Crippen LogP contribution >= 0.6 is 0 Å². The number of methoxy groups -OCH3 is 3. The number of hydrogen-bond acceptors (Lipinski definition) is 6. The molecule has 154 valence electrons. The van der Waals surface area contributed by atoms with Crippen LogP contribution in [0.3, 0.4) is 0 Å². The van der Waals surface area contributed by atoms with Gasteiger partial charge in [-0.25, -0.2) is 14.8 Å². The van der Waals surface area contributed by atoms with E-state index >= 15 is 0 Å². The molecule has 8 heteroatoms. The summed E-state index contributed by atoms with van der Waals surface area (Å²) in [5, 5.41) is 0. The molecule has 0 fully saturated rings. The second kappa shape index (κ2) is 7.90. The number of aromatic nitrogens is 4. The Bertz CT molecular complexity index is 1220. The predicted octanol–water partition coefficient (Wildman–Crippen LogP) is 3.42. The van der Waals surface area contributed by atoms with E-state index in [0.717, 1.165) is 11.1 Å². The molecule has 2 aromatic heterocycles. The molecule has 2 heterocycles. The van der Waals surface area contributed by atoms with E-state index in [-0.39, 0.29) is 11.7 Å². The molecule has 2 aromatic carbocycles. The van der Waals surface area contributed by atoms with Crippen molar-refractivity contribution >= 4 is 11.3 Å². The maximum atomic E-state index is 12.7. The molecule has 0 amide bonds. The van der Waals surface area contributed by atoms with Crippen LogP contribution in [-0.2, 0) is 0 Å². The maximum absolute atomic E-state index is 12.7. The van der Waals surface area contributed by atoms with E-state index in [1.54, 1.807) is 44.2 Å². The lowest BCUT2D eigenvalue weighted by molar-refractivity contribution is 0.324. The topological polar surface area (TPSA) is 91.3 Å². The van der Waals surface area contributed by atoms with Gasteiger partial charge in [-0.1, -0.05) is 30.3 Å². The fourth-order valence-electron chi connectivity index (χ4n) is 3.50. The van der Waals surface area contributed by atoms with Gasteiger partial charge < -0.3 is 14.2 Å². The van der Waals surface area contributed by atoms with Crippen LogP contribution in [0, 0.1) is 0 Å². The summed E-state index contributed by atoms with van der Waals surface area (Å²) in [5.41, 5.74) is 2.95. The molecule has 8 nitrogen and oxygen atoms in total. The largest absolute Gasteiger partial charge is 0.493 e. The van der Waals surface area contributed by atoms with Crippen LogP contribution in [0.2, 0.25) is 0 Å². The van der Waals surface area contributed by atoms with E-state index in [0.29, 0.717) is 34.2 Å². The van der Waals surface area contributed by atoms with Crippen LogP contribution in [0.5, 0.6) is 17.2 Å². The van der Waals surface area contributed by atoms with Gasteiger partial charge in [0.1, 0.15) is 0 Å². The van der Waals surface area contributed by atoms with Gasteiger partial charge in [0, 0.05) is 5.56 Å². The van der Waals surface area contributed by atoms with Crippen molar-refractivity contribution in [3.63, 3.8) is 0 Å². The summed E-state index contributed by atoms with van der Waals surface area (Å²) < 4.78 is 17.9. The fourth-order valence-corrected chi connectivity index (χ4v) is 3.50. The third-order valence-corrected chi connectivity index (χ3v) is 5.06. The zero-order chi connectivity index (χ0) is 21.3. The molecule has 1 N–H and O–H groups in total. The number of imidazole rings is 1. The van der Waals surface area contributed by atoms with Gasteiger partial charge in [-0.15, -0.1) is 0 Å². The number of rotatable bonds is 6. The number of benzene rings is 2. The Morgan fingerprint density at radius 3 is 2.27 bits per heavy atom. The minimum absolute atomic E-state index is 0.211. The Hall–Kier alpha value is -3.81. The molecule has 1 atom stereocenters. The van der Waals surface area contributed by atoms with Crippen molar-refractivity contribution < 1.29 is 14.2 Å². The number of ether oxygens (including phenoxy) is 3. The summed E-state index contributed by atoms with van der Waals surface area (Å²) in [4.78, 5) is 24.6. The average molecular weight is 406 g/mol. The van der Waals surface area contributed by atoms with Crippen molar-refractivity contribution in [1.29, 1.82) is 0 Å². The lowest BCUT2D eigenvalue weighted by Crippen LogP contribution is -2.21. The Labute approximate surface area is 173 Å². The molecule has 0 bridgehead atoms. The Morgan fingerprint density at radius 1 is 1.00 bits per heavy atom. The summed E-state index contributed by atoms with van der Waals surface area (Å²) in [6.07, 6.45) is 1.61. The SMILES string of the molecule is COc1cc(-c2cnc3[nH]c(=O)n([C@H](C)c4ccccc4)c3n2)cc(OC)c1OC. The molecule has 0 unspecified atom stereocenters. The molecule has 0 radical (unpaired) electrons. The molecule has 4 aromatic rings. The maximum Gasteiger partial charge on any atom is 0.329 e. The summed E-state index contributed by atoms with van der Waals surface area (Å²) in [7, 11) is 4.66. The monoisotopic (exact) mass is 406 g/mol. The van der Waals surface area contributed by atoms with Crippen LogP contribution in [0.4, 0.5) is 0 Å². The first-order valence-electron chi connectivity index (χ1n) is 9.40. The first kappa shape index (κ1) is 19.5. The van der Waals surface area contributed by atoms with Gasteiger partial charge in [0.25, 0.3) is 0 Å². The highest BCUT2D eigenvalue weighted by atomic mass is 16.5. The highest BCUT2D eigenvalue weighted by molar-refractivity contribution is 5.74. The van der Waals surface area contributed by atoms with Gasteiger partial charge >= 0.3 is 5.69 Å². The van der Waals surface area contributed by atoms with Gasteiger partial charge in [0.15, 0.2) is 22.8 Å². The van der Waals surface area contributed by atoms with Crippen molar-refractivity contribution in [2.24, 2.45) is 0 Å². The number of aromatic amines is 1. The van der Waals surface area contributed by atoms with Crippen molar-refractivity contribution in [2.75, 3.05) is 21.3 Å². The van der Waals surface area contributed by atoms with Crippen LogP contribution in [0.1, 0.15) is 18.5 Å². The zero-order valence-corrected chi connectivity index (χ0v) is 17.2. The highest BCUT2D eigenvalue weighted by Gasteiger charge is 2.19. The second-order valence-corrected chi connectivity index (χ2v) is 6.73. The molecule has 30 heavy (non-hydrogen) atoms. The van der Waals surface area contributed by atoms with Crippen LogP contribution < -0.4 is 19.9 Å². The lowest BCUT2D eigenvalue weighted by atomic mass is 10.1. The van der Waals surface area contributed by atoms with E-state index in [9.17, 15) is 4.79 Å². The Morgan fingerprint density at radius 2 is 1.67 bits per heavy atom. The van der Waals surface area contributed by atoms with E-state index < -0.39 is 0 Å². The van der Waals surface area contributed by atoms with Gasteiger partial charge in [0.2, 0.25) is 5.75 Å². The fraction of sp³-hybridized carbons (Fsp3) is 0.227. The molecule has 0 aliphatic rings. The molecule has 0 saturated carbocycles. The minimum Gasteiger partial charge on any atom is -0.493 e. The zero-order valence-electron chi connectivity index (χ0n) is 17.2. The number of nitrogens with one attached hydrogen (secondary N) is 1. The lowest BCUT2D eigenvalue weighted by Gasteiger charge is -2.15. The first-order chi connectivity index (χ1) is 14.6. The van der Waals surface area contributed by atoms with E-state index in [1.807, 2.05) is 37.3 Å². The average Bonchev–Trinajstić information content (AvgIpc) is 3.12. The normalized spacial score (nSPS) is 12.0. The van der Waals surface area contributed by atoms with Crippen molar-refractivity contribution in [3.05, 3.63) is 64.7 Å². The van der Waals surface area contributed by atoms with Crippen LogP contribution in [0.15, 0.2) is 53.5 Å². The smallest absolute Gasteiger partial charge is 0.329 e. The first-order valence-corrected chi connectivity index (χ1v) is 9.40. The van der Waals surface area contributed by atoms with Crippen LogP contribution in [-0.4, -0.2) is 40.8 Å². The molecule has 0 saturated heterocycles. The van der Waals surface area contributed by atoms with Gasteiger partial charge in [-0.05, 0) is 24.6 Å². The summed E-state index contributed by atoms with van der Waals surface area (Å²) in [6.45, 7) is 1.96. The summed E-state index contributed by atoms with van der Waals surface area (Å²) in [6, 6.07) is 13.2. The molecular weight excluding hydrogens is 384 g/mol. The predicted molar refractivity (Wildman–Crippen MR) is 113 cm³/mol. The number of H-pyrrole nitrogens is 1. The second-order valence-electron chi connectivity index (χ2n) is 6.73. The quantitative estimate of drug-likeness (QED) is 0.528.